The minimum atomic E-state index is 0.105. The van der Waals surface area contributed by atoms with E-state index in [2.05, 4.69) is 10.00 Å². The molecule has 5 nitrogen and oxygen atoms in total. The van der Waals surface area contributed by atoms with Crippen molar-refractivity contribution >= 4 is 29.1 Å². The van der Waals surface area contributed by atoms with Crippen LogP contribution in [0, 0.1) is 6.92 Å². The summed E-state index contributed by atoms with van der Waals surface area (Å²) in [4.78, 5) is 16.5. The van der Waals surface area contributed by atoms with Crippen LogP contribution in [-0.4, -0.2) is 51.7 Å². The van der Waals surface area contributed by atoms with Gasteiger partial charge in [0.1, 0.15) is 6.54 Å². The molecule has 0 unspecified atom stereocenters. The van der Waals surface area contributed by atoms with Crippen LogP contribution in [0.25, 0.3) is 0 Å². The topological polar surface area (TPSA) is 41.4 Å². The van der Waals surface area contributed by atoms with Gasteiger partial charge >= 0.3 is 0 Å². The predicted octanol–water partition coefficient (Wildman–Crippen LogP) is 2.84. The lowest BCUT2D eigenvalue weighted by molar-refractivity contribution is -0.133. The highest BCUT2D eigenvalue weighted by molar-refractivity contribution is 6.35. The van der Waals surface area contributed by atoms with Crippen molar-refractivity contribution in [1.29, 1.82) is 0 Å². The Labute approximate surface area is 151 Å². The SMILES string of the molecule is Cc1cnn(CC(=O)N2CCN(Cc3c(Cl)cccc3Cl)CC2)c1. The number of aryl methyl sites for hydroxylation is 1. The summed E-state index contributed by atoms with van der Waals surface area (Å²) < 4.78 is 1.69. The number of piperazine rings is 1. The van der Waals surface area contributed by atoms with Gasteiger partial charge in [0.2, 0.25) is 5.91 Å². The van der Waals surface area contributed by atoms with Gasteiger partial charge in [-0.15, -0.1) is 0 Å². The normalized spacial score (nSPS) is 15.7. The van der Waals surface area contributed by atoms with Crippen LogP contribution in [-0.2, 0) is 17.9 Å². The second-order valence-electron chi connectivity index (χ2n) is 6.07. The molecule has 2 aromatic rings. The molecule has 1 fully saturated rings. The highest BCUT2D eigenvalue weighted by atomic mass is 35.5. The second kappa shape index (κ2) is 7.55. The smallest absolute Gasteiger partial charge is 0.244 e. The average Bonchev–Trinajstić information content (AvgIpc) is 2.96. The maximum Gasteiger partial charge on any atom is 0.244 e. The lowest BCUT2D eigenvalue weighted by atomic mass is 10.2. The Bertz CT molecular complexity index is 703. The molecule has 0 atom stereocenters. The van der Waals surface area contributed by atoms with Crippen molar-refractivity contribution in [2.45, 2.75) is 20.0 Å². The number of carbonyl (C=O) groups is 1. The summed E-state index contributed by atoms with van der Waals surface area (Å²) in [6.45, 7) is 6.01. The van der Waals surface area contributed by atoms with Crippen molar-refractivity contribution in [3.05, 3.63) is 51.8 Å². The zero-order valence-corrected chi connectivity index (χ0v) is 15.1. The van der Waals surface area contributed by atoms with Crippen LogP contribution < -0.4 is 0 Å². The van der Waals surface area contributed by atoms with Crippen molar-refractivity contribution in [1.82, 2.24) is 19.6 Å². The van der Waals surface area contributed by atoms with Crippen LogP contribution >= 0.6 is 23.2 Å². The maximum absolute atomic E-state index is 12.4. The average molecular weight is 367 g/mol. The highest BCUT2D eigenvalue weighted by Gasteiger charge is 2.22. The third-order valence-corrected chi connectivity index (χ3v) is 4.94. The molecule has 0 bridgehead atoms. The molecule has 1 amide bonds. The number of nitrogens with zero attached hydrogens (tertiary/aromatic N) is 4. The Hall–Kier alpha value is -1.56. The second-order valence-corrected chi connectivity index (χ2v) is 6.89. The van der Waals surface area contributed by atoms with Gasteiger partial charge in [-0.1, -0.05) is 29.3 Å². The number of carbonyl (C=O) groups excluding carboxylic acids is 1. The Morgan fingerprint density at radius 2 is 1.83 bits per heavy atom. The van der Waals surface area contributed by atoms with Crippen molar-refractivity contribution < 1.29 is 4.79 Å². The monoisotopic (exact) mass is 366 g/mol. The van der Waals surface area contributed by atoms with Gasteiger partial charge in [-0.25, -0.2) is 0 Å². The minimum Gasteiger partial charge on any atom is -0.339 e. The summed E-state index contributed by atoms with van der Waals surface area (Å²) >= 11 is 12.5. The maximum atomic E-state index is 12.4. The molecule has 1 saturated heterocycles. The van der Waals surface area contributed by atoms with Crippen LogP contribution in [0.15, 0.2) is 30.6 Å². The van der Waals surface area contributed by atoms with Gasteiger partial charge in [-0.3, -0.25) is 14.4 Å². The Morgan fingerprint density at radius 3 is 2.42 bits per heavy atom. The molecule has 0 radical (unpaired) electrons. The molecule has 0 saturated carbocycles. The van der Waals surface area contributed by atoms with E-state index in [0.717, 1.165) is 24.2 Å². The number of benzene rings is 1. The van der Waals surface area contributed by atoms with Crippen molar-refractivity contribution in [3.8, 4) is 0 Å². The van der Waals surface area contributed by atoms with Gasteiger partial charge in [0, 0.05) is 54.5 Å². The first-order chi connectivity index (χ1) is 11.5. The quantitative estimate of drug-likeness (QED) is 0.835. The van der Waals surface area contributed by atoms with E-state index in [9.17, 15) is 4.79 Å². The van der Waals surface area contributed by atoms with E-state index in [1.807, 2.05) is 36.2 Å². The van der Waals surface area contributed by atoms with Gasteiger partial charge < -0.3 is 4.90 Å². The Balaban J connectivity index is 1.53. The fraction of sp³-hybridized carbons (Fsp3) is 0.412. The van der Waals surface area contributed by atoms with Gasteiger partial charge in [-0.2, -0.15) is 5.10 Å². The van der Waals surface area contributed by atoms with E-state index < -0.39 is 0 Å². The molecule has 1 aliphatic heterocycles. The molecule has 1 aromatic heterocycles. The Morgan fingerprint density at radius 1 is 1.17 bits per heavy atom. The van der Waals surface area contributed by atoms with Crippen LogP contribution in [0.1, 0.15) is 11.1 Å². The van der Waals surface area contributed by atoms with Crippen molar-refractivity contribution in [2.24, 2.45) is 0 Å². The number of hydrogen-bond donors (Lipinski definition) is 0. The first-order valence-corrected chi connectivity index (χ1v) is 8.70. The fourth-order valence-corrected chi connectivity index (χ4v) is 3.37. The van der Waals surface area contributed by atoms with E-state index in [-0.39, 0.29) is 5.91 Å². The molecule has 0 aliphatic carbocycles. The van der Waals surface area contributed by atoms with Gasteiger partial charge in [-0.05, 0) is 24.6 Å². The number of halogens is 2. The Kier molecular flexibility index (Phi) is 5.43. The summed E-state index contributed by atoms with van der Waals surface area (Å²) in [5, 5.41) is 5.55. The molecule has 1 aliphatic rings. The molecular weight excluding hydrogens is 347 g/mol. The number of aromatic nitrogens is 2. The lowest BCUT2D eigenvalue weighted by Gasteiger charge is -2.35. The van der Waals surface area contributed by atoms with Crippen LogP contribution in [0.5, 0.6) is 0 Å². The third kappa shape index (κ3) is 4.09. The minimum absolute atomic E-state index is 0.105. The van der Waals surface area contributed by atoms with E-state index in [0.29, 0.717) is 36.2 Å². The zero-order chi connectivity index (χ0) is 17.1. The summed E-state index contributed by atoms with van der Waals surface area (Å²) in [7, 11) is 0. The van der Waals surface area contributed by atoms with Gasteiger partial charge in [0.05, 0.1) is 6.20 Å². The van der Waals surface area contributed by atoms with Crippen LogP contribution in [0.3, 0.4) is 0 Å². The summed E-state index contributed by atoms with van der Waals surface area (Å²) in [5.74, 6) is 0.105. The fourth-order valence-electron chi connectivity index (χ4n) is 2.85. The molecule has 24 heavy (non-hydrogen) atoms. The summed E-state index contributed by atoms with van der Waals surface area (Å²) in [6, 6.07) is 5.56. The summed E-state index contributed by atoms with van der Waals surface area (Å²) in [6.07, 6.45) is 3.64. The lowest BCUT2D eigenvalue weighted by Crippen LogP contribution is -2.49. The van der Waals surface area contributed by atoms with Crippen molar-refractivity contribution in [2.75, 3.05) is 26.2 Å². The molecule has 128 valence electrons. The largest absolute Gasteiger partial charge is 0.339 e. The van der Waals surface area contributed by atoms with Crippen LogP contribution in [0.4, 0.5) is 0 Å². The predicted molar refractivity (Wildman–Crippen MR) is 95.3 cm³/mol. The molecule has 0 spiro atoms. The number of amides is 1. The van der Waals surface area contributed by atoms with Gasteiger partial charge in [0.25, 0.3) is 0 Å². The summed E-state index contributed by atoms with van der Waals surface area (Å²) in [5.41, 5.74) is 2.01. The molecule has 7 heteroatoms. The molecule has 3 rings (SSSR count). The zero-order valence-electron chi connectivity index (χ0n) is 13.6. The molecule has 0 N–H and O–H groups in total. The van der Waals surface area contributed by atoms with Crippen LogP contribution in [0.2, 0.25) is 10.0 Å². The first-order valence-electron chi connectivity index (χ1n) is 7.95. The molecule has 1 aromatic carbocycles. The highest BCUT2D eigenvalue weighted by Crippen LogP contribution is 2.26. The number of hydrogen-bond acceptors (Lipinski definition) is 3. The number of rotatable bonds is 4. The molecular formula is C17H20Cl2N4O. The van der Waals surface area contributed by atoms with Crippen molar-refractivity contribution in [3.63, 3.8) is 0 Å². The van der Waals surface area contributed by atoms with E-state index >= 15 is 0 Å². The van der Waals surface area contributed by atoms with E-state index in [1.54, 1.807) is 10.9 Å². The van der Waals surface area contributed by atoms with E-state index in [4.69, 9.17) is 23.2 Å². The molecule has 2 heterocycles. The van der Waals surface area contributed by atoms with Gasteiger partial charge in [0.15, 0.2) is 0 Å². The standard InChI is InChI=1S/C17H20Cl2N4O/c1-13-9-20-23(10-13)12-17(24)22-7-5-21(6-8-22)11-14-15(18)3-2-4-16(14)19/h2-4,9-10H,5-8,11-12H2,1H3. The first kappa shape index (κ1) is 17.3. The van der Waals surface area contributed by atoms with E-state index in [1.165, 1.54) is 0 Å². The third-order valence-electron chi connectivity index (χ3n) is 4.23.